The summed E-state index contributed by atoms with van der Waals surface area (Å²) in [4.78, 5) is 39.2. The smallest absolute Gasteiger partial charge is 0.335 e. The highest BCUT2D eigenvalue weighted by molar-refractivity contribution is 14.1. The summed E-state index contributed by atoms with van der Waals surface area (Å²) in [5, 5.41) is 2.93. The highest BCUT2D eigenvalue weighted by atomic mass is 127. The van der Waals surface area contributed by atoms with E-state index in [9.17, 15) is 14.4 Å². The fourth-order valence-corrected chi connectivity index (χ4v) is 5.71. The maximum Gasteiger partial charge on any atom is 0.335 e. The SMILES string of the molecule is Cc1ccc(N2C(=O)NC(=O)/C(=C\c3cc(I)c(OCc4ccc(Cl)cc4)c(I)c3)C2=O)cc1C. The number of carbonyl (C=O) groups excluding carboxylic acids is 3. The van der Waals surface area contributed by atoms with Gasteiger partial charge in [0.1, 0.15) is 17.9 Å². The molecule has 1 saturated heterocycles. The fourth-order valence-electron chi connectivity index (χ4n) is 3.46. The zero-order valence-corrected chi connectivity index (χ0v) is 23.8. The Balaban J connectivity index is 1.61. The molecule has 1 N–H and O–H groups in total. The Morgan fingerprint density at radius 1 is 0.943 bits per heavy atom. The number of benzene rings is 3. The van der Waals surface area contributed by atoms with E-state index in [2.05, 4.69) is 50.5 Å². The van der Waals surface area contributed by atoms with Crippen molar-refractivity contribution in [3.8, 4) is 5.75 Å². The van der Waals surface area contributed by atoms with Crippen molar-refractivity contribution in [3.63, 3.8) is 0 Å². The quantitative estimate of drug-likeness (QED) is 0.189. The van der Waals surface area contributed by atoms with Gasteiger partial charge >= 0.3 is 6.03 Å². The second kappa shape index (κ2) is 10.7. The lowest BCUT2D eigenvalue weighted by Gasteiger charge is -2.27. The molecule has 0 bridgehead atoms. The summed E-state index contributed by atoms with van der Waals surface area (Å²) in [5.41, 5.74) is 3.88. The number of nitrogens with one attached hydrogen (secondary N) is 1. The van der Waals surface area contributed by atoms with E-state index < -0.39 is 17.8 Å². The second-order valence-electron chi connectivity index (χ2n) is 7.96. The van der Waals surface area contributed by atoms with Gasteiger partial charge in [-0.25, -0.2) is 9.69 Å². The van der Waals surface area contributed by atoms with E-state index in [1.807, 2.05) is 56.3 Å². The molecule has 178 valence electrons. The molecule has 3 aromatic rings. The molecule has 4 amide bonds. The predicted octanol–water partition coefficient (Wildman–Crippen LogP) is 6.41. The number of halogens is 3. The van der Waals surface area contributed by atoms with Gasteiger partial charge in [0.15, 0.2) is 0 Å². The summed E-state index contributed by atoms with van der Waals surface area (Å²) in [6.45, 7) is 4.21. The standard InChI is InChI=1S/C26H19ClI2N2O4/c1-14-3-8-19(9-15(14)2)31-25(33)20(24(32)30-26(31)34)10-17-11-21(28)23(22(29)12-17)35-13-16-4-6-18(27)7-5-16/h3-12H,13H2,1-2H3,(H,30,32,34)/b20-10+. The topological polar surface area (TPSA) is 75.7 Å². The van der Waals surface area contributed by atoms with Crippen LogP contribution in [0.5, 0.6) is 5.75 Å². The van der Waals surface area contributed by atoms with Crippen LogP contribution in [0.15, 0.2) is 60.2 Å². The van der Waals surface area contributed by atoms with Gasteiger partial charge in [-0.15, -0.1) is 0 Å². The number of hydrogen-bond acceptors (Lipinski definition) is 4. The Bertz CT molecular complexity index is 1360. The third kappa shape index (κ3) is 5.70. The van der Waals surface area contributed by atoms with Crippen LogP contribution in [0.25, 0.3) is 6.08 Å². The van der Waals surface area contributed by atoms with Gasteiger partial charge in [-0.1, -0.05) is 29.8 Å². The first kappa shape index (κ1) is 25.6. The number of ether oxygens (including phenoxy) is 1. The van der Waals surface area contributed by atoms with E-state index in [1.165, 1.54) is 6.08 Å². The monoisotopic (exact) mass is 712 g/mol. The Morgan fingerprint density at radius 3 is 2.23 bits per heavy atom. The van der Waals surface area contributed by atoms with E-state index in [1.54, 1.807) is 12.1 Å². The molecule has 6 nitrogen and oxygen atoms in total. The molecule has 1 aliphatic rings. The van der Waals surface area contributed by atoms with Crippen LogP contribution < -0.4 is 15.0 Å². The first-order valence-corrected chi connectivity index (χ1v) is 13.0. The molecule has 1 aliphatic heterocycles. The van der Waals surface area contributed by atoms with Gasteiger partial charge in [0.05, 0.1) is 12.8 Å². The zero-order valence-electron chi connectivity index (χ0n) is 18.7. The number of imide groups is 2. The Hall–Kier alpha value is -2.44. The molecule has 0 aliphatic carbocycles. The van der Waals surface area contributed by atoms with Crippen molar-refractivity contribution in [2.75, 3.05) is 4.90 Å². The number of aryl methyl sites for hydroxylation is 2. The highest BCUT2D eigenvalue weighted by Crippen LogP contribution is 2.31. The minimum absolute atomic E-state index is 0.121. The van der Waals surface area contributed by atoms with Crippen molar-refractivity contribution < 1.29 is 19.1 Å². The van der Waals surface area contributed by atoms with Gasteiger partial charge in [0.2, 0.25) is 0 Å². The second-order valence-corrected chi connectivity index (χ2v) is 10.7. The summed E-state index contributed by atoms with van der Waals surface area (Å²) in [6, 6.07) is 15.6. The molecule has 0 atom stereocenters. The molecular weight excluding hydrogens is 694 g/mol. The van der Waals surface area contributed by atoms with Crippen molar-refractivity contribution in [3.05, 3.63) is 94.6 Å². The first-order chi connectivity index (χ1) is 16.6. The number of carbonyl (C=O) groups is 3. The van der Waals surface area contributed by atoms with Crippen LogP contribution in [0, 0.1) is 21.0 Å². The normalized spacial score (nSPS) is 14.9. The number of urea groups is 1. The first-order valence-electron chi connectivity index (χ1n) is 10.5. The Kier molecular flexibility index (Phi) is 7.82. The van der Waals surface area contributed by atoms with Crippen LogP contribution in [-0.2, 0) is 16.2 Å². The molecule has 0 spiro atoms. The lowest BCUT2D eigenvalue weighted by Crippen LogP contribution is -2.54. The summed E-state index contributed by atoms with van der Waals surface area (Å²) >= 11 is 10.3. The molecule has 1 fully saturated rings. The molecule has 4 rings (SSSR count). The summed E-state index contributed by atoms with van der Waals surface area (Å²) in [7, 11) is 0. The van der Waals surface area contributed by atoms with Crippen LogP contribution in [0.4, 0.5) is 10.5 Å². The van der Waals surface area contributed by atoms with Crippen molar-refractivity contribution in [1.29, 1.82) is 0 Å². The number of amides is 4. The summed E-state index contributed by atoms with van der Waals surface area (Å²) < 4.78 is 7.65. The molecule has 35 heavy (non-hydrogen) atoms. The average molecular weight is 713 g/mol. The lowest BCUT2D eigenvalue weighted by molar-refractivity contribution is -0.122. The molecule has 3 aromatic carbocycles. The Labute approximate surface area is 235 Å². The van der Waals surface area contributed by atoms with Crippen LogP contribution >= 0.6 is 56.8 Å². The van der Waals surface area contributed by atoms with E-state index in [0.29, 0.717) is 28.6 Å². The number of anilines is 1. The van der Waals surface area contributed by atoms with Gasteiger partial charge in [-0.3, -0.25) is 14.9 Å². The molecule has 0 unspecified atom stereocenters. The van der Waals surface area contributed by atoms with Crippen molar-refractivity contribution in [1.82, 2.24) is 5.32 Å². The van der Waals surface area contributed by atoms with E-state index in [4.69, 9.17) is 16.3 Å². The number of nitrogens with zero attached hydrogens (tertiary/aromatic N) is 1. The van der Waals surface area contributed by atoms with Crippen molar-refractivity contribution in [2.45, 2.75) is 20.5 Å². The summed E-state index contributed by atoms with van der Waals surface area (Å²) in [5.74, 6) is -0.696. The van der Waals surface area contributed by atoms with E-state index in [0.717, 1.165) is 28.7 Å². The number of hydrogen-bond donors (Lipinski definition) is 1. The van der Waals surface area contributed by atoms with Crippen LogP contribution in [0.2, 0.25) is 5.02 Å². The van der Waals surface area contributed by atoms with E-state index in [-0.39, 0.29) is 5.57 Å². The van der Waals surface area contributed by atoms with Gasteiger partial charge in [-0.2, -0.15) is 0 Å². The minimum Gasteiger partial charge on any atom is -0.487 e. The van der Waals surface area contributed by atoms with Gasteiger partial charge in [-0.05, 0) is 124 Å². The number of rotatable bonds is 5. The molecule has 0 radical (unpaired) electrons. The minimum atomic E-state index is -0.768. The van der Waals surface area contributed by atoms with Crippen molar-refractivity contribution >= 4 is 86.4 Å². The largest absolute Gasteiger partial charge is 0.487 e. The third-order valence-corrected chi connectivity index (χ3v) is 7.33. The van der Waals surface area contributed by atoms with Crippen LogP contribution in [0.1, 0.15) is 22.3 Å². The maximum absolute atomic E-state index is 13.2. The molecular formula is C26H19ClI2N2O4. The van der Waals surface area contributed by atoms with Crippen LogP contribution in [-0.4, -0.2) is 17.8 Å². The van der Waals surface area contributed by atoms with Gasteiger partial charge < -0.3 is 4.74 Å². The molecule has 0 saturated carbocycles. The Morgan fingerprint density at radius 2 is 1.60 bits per heavy atom. The highest BCUT2D eigenvalue weighted by Gasteiger charge is 2.37. The van der Waals surface area contributed by atoms with E-state index >= 15 is 0 Å². The van der Waals surface area contributed by atoms with Gasteiger partial charge in [0, 0.05) is 5.02 Å². The molecule has 0 aromatic heterocycles. The third-order valence-electron chi connectivity index (χ3n) is 5.48. The maximum atomic E-state index is 13.2. The average Bonchev–Trinajstić information content (AvgIpc) is 2.79. The predicted molar refractivity (Wildman–Crippen MR) is 153 cm³/mol. The number of barbiturate groups is 1. The molecule has 9 heteroatoms. The fraction of sp³-hybridized carbons (Fsp3) is 0.115. The van der Waals surface area contributed by atoms with Gasteiger partial charge in [0.25, 0.3) is 11.8 Å². The molecule has 1 heterocycles. The van der Waals surface area contributed by atoms with Crippen LogP contribution in [0.3, 0.4) is 0 Å². The summed E-state index contributed by atoms with van der Waals surface area (Å²) in [6.07, 6.45) is 1.49. The lowest BCUT2D eigenvalue weighted by atomic mass is 10.1. The van der Waals surface area contributed by atoms with Crippen molar-refractivity contribution in [2.24, 2.45) is 0 Å². The zero-order chi connectivity index (χ0) is 25.3.